The minimum absolute atomic E-state index is 0.122. The second-order valence-corrected chi connectivity index (χ2v) is 17.0. The number of para-hydroxylation sites is 1. The first-order valence-corrected chi connectivity index (χ1v) is 20.4. The summed E-state index contributed by atoms with van der Waals surface area (Å²) in [6.07, 6.45) is 0. The van der Waals surface area contributed by atoms with Crippen LogP contribution in [0.15, 0.2) is 194 Å². The molecule has 1 aliphatic carbocycles. The number of rotatable bonds is 5. The Kier molecular flexibility index (Phi) is 7.59. The summed E-state index contributed by atoms with van der Waals surface area (Å²) in [5.41, 5.74) is 17.1. The Morgan fingerprint density at radius 1 is 0.379 bits per heavy atom. The molecule has 9 aromatic carbocycles. The zero-order chi connectivity index (χ0) is 39.2. The van der Waals surface area contributed by atoms with E-state index in [1.165, 1.54) is 83.1 Å². The smallest absolute Gasteiger partial charge is 0.0618 e. The Hall–Kier alpha value is -6.90. The van der Waals surface area contributed by atoms with E-state index in [9.17, 15) is 0 Å². The van der Waals surface area contributed by atoms with Gasteiger partial charge in [-0.2, -0.15) is 0 Å². The van der Waals surface area contributed by atoms with Crippen LogP contribution in [0.1, 0.15) is 49.9 Å². The van der Waals surface area contributed by atoms with Gasteiger partial charge in [-0.25, -0.2) is 0 Å². The minimum atomic E-state index is -0.290. The Labute approximate surface area is 341 Å². The molecule has 2 heteroatoms. The van der Waals surface area contributed by atoms with E-state index in [1.54, 1.807) is 0 Å². The van der Waals surface area contributed by atoms with Crippen molar-refractivity contribution in [2.24, 2.45) is 0 Å². The molecule has 278 valence electrons. The summed E-state index contributed by atoms with van der Waals surface area (Å²) in [4.78, 5) is 5.04. The van der Waals surface area contributed by atoms with Gasteiger partial charge in [0.2, 0.25) is 0 Å². The third kappa shape index (κ3) is 5.04. The van der Waals surface area contributed by atoms with Crippen molar-refractivity contribution in [3.05, 3.63) is 216 Å². The lowest BCUT2D eigenvalue weighted by Gasteiger charge is -2.43. The van der Waals surface area contributed by atoms with E-state index >= 15 is 0 Å². The molecule has 0 radical (unpaired) electrons. The van der Waals surface area contributed by atoms with Gasteiger partial charge in [0.05, 0.1) is 22.7 Å². The maximum atomic E-state index is 2.54. The summed E-state index contributed by atoms with van der Waals surface area (Å²) in [6.45, 7) is 9.52. The Balaban J connectivity index is 1.17. The molecule has 0 aromatic heterocycles. The lowest BCUT2D eigenvalue weighted by Crippen LogP contribution is -2.31. The molecule has 0 saturated heterocycles. The Morgan fingerprint density at radius 2 is 0.931 bits per heavy atom. The number of anilines is 6. The number of hydrogen-bond donors (Lipinski definition) is 0. The van der Waals surface area contributed by atoms with Gasteiger partial charge in [0.1, 0.15) is 0 Å². The molecule has 0 N–H and O–H groups in total. The van der Waals surface area contributed by atoms with Crippen molar-refractivity contribution in [2.45, 2.75) is 38.5 Å². The lowest BCUT2D eigenvalue weighted by atomic mass is 9.73. The van der Waals surface area contributed by atoms with Crippen molar-refractivity contribution in [3.8, 4) is 22.3 Å². The number of nitrogens with zero attached hydrogens (tertiary/aromatic N) is 2. The summed E-state index contributed by atoms with van der Waals surface area (Å²) < 4.78 is 0. The highest BCUT2D eigenvalue weighted by atomic mass is 15.2. The molecule has 0 bridgehead atoms. The molecule has 11 rings (SSSR count). The van der Waals surface area contributed by atoms with Crippen LogP contribution in [-0.4, -0.2) is 0 Å². The van der Waals surface area contributed by atoms with Crippen molar-refractivity contribution >= 4 is 55.7 Å². The summed E-state index contributed by atoms with van der Waals surface area (Å²) in [5, 5.41) is 4.90. The second-order valence-electron chi connectivity index (χ2n) is 17.0. The van der Waals surface area contributed by atoms with Gasteiger partial charge < -0.3 is 9.80 Å². The molecule has 0 fully saturated rings. The van der Waals surface area contributed by atoms with Crippen LogP contribution in [0.25, 0.3) is 43.8 Å². The quantitative estimate of drug-likeness (QED) is 0.173. The summed E-state index contributed by atoms with van der Waals surface area (Å²) in [7, 11) is 0. The molecule has 9 aromatic rings. The first-order valence-electron chi connectivity index (χ1n) is 20.4. The Bertz CT molecular complexity index is 3080. The van der Waals surface area contributed by atoms with Crippen LogP contribution in [0, 0.1) is 0 Å². The normalized spacial score (nSPS) is 14.4. The first kappa shape index (κ1) is 34.4. The zero-order valence-electron chi connectivity index (χ0n) is 33.4. The molecule has 0 amide bonds. The average molecular weight is 745 g/mol. The van der Waals surface area contributed by atoms with Crippen molar-refractivity contribution in [2.75, 3.05) is 9.80 Å². The molecule has 1 heterocycles. The van der Waals surface area contributed by atoms with E-state index in [4.69, 9.17) is 0 Å². The molecule has 2 nitrogen and oxygen atoms in total. The predicted molar refractivity (Wildman–Crippen MR) is 246 cm³/mol. The highest BCUT2D eigenvalue weighted by molar-refractivity contribution is 6.08. The molecule has 1 aliphatic heterocycles. The van der Waals surface area contributed by atoms with Crippen molar-refractivity contribution in [3.63, 3.8) is 0 Å². The standard InChI is InChI=1S/C56H44N2/c1-55(2)47-25-13-12-24-45(47)46-33-30-40(35-49(46)55)57(51-28-16-21-37-19-8-10-22-42(37)51)41-31-34-53-50(36-41)56(3,4)48-26-14-15-27-52(48)58(53)54-43-23-11-9-20-39(43)29-32-44(54)38-17-6-5-7-18-38/h5-36H,1-4H3. The van der Waals surface area contributed by atoms with E-state index in [0.717, 1.165) is 17.1 Å². The van der Waals surface area contributed by atoms with Gasteiger partial charge in [-0.3, -0.25) is 0 Å². The van der Waals surface area contributed by atoms with Gasteiger partial charge in [-0.15, -0.1) is 0 Å². The van der Waals surface area contributed by atoms with Crippen LogP contribution in [0.4, 0.5) is 34.1 Å². The molecule has 0 atom stereocenters. The van der Waals surface area contributed by atoms with Crippen LogP contribution in [-0.2, 0) is 10.8 Å². The average Bonchev–Trinajstić information content (AvgIpc) is 3.49. The fourth-order valence-electron chi connectivity index (χ4n) is 10.1. The van der Waals surface area contributed by atoms with Crippen LogP contribution < -0.4 is 9.80 Å². The highest BCUT2D eigenvalue weighted by Gasteiger charge is 2.39. The third-order valence-electron chi connectivity index (χ3n) is 13.0. The first-order chi connectivity index (χ1) is 28.3. The maximum Gasteiger partial charge on any atom is 0.0618 e. The van der Waals surface area contributed by atoms with E-state index in [-0.39, 0.29) is 10.8 Å². The SMILES string of the molecule is CC1(C)c2ccccc2-c2ccc(N(c3ccc4c(c3)C(C)(C)c3ccccc3N4c3c(-c4ccccc4)ccc4ccccc34)c3cccc4ccccc34)cc21. The monoisotopic (exact) mass is 744 g/mol. The fourth-order valence-corrected chi connectivity index (χ4v) is 10.1. The van der Waals surface area contributed by atoms with Gasteiger partial charge in [0.25, 0.3) is 0 Å². The van der Waals surface area contributed by atoms with Crippen LogP contribution >= 0.6 is 0 Å². The summed E-state index contributed by atoms with van der Waals surface area (Å²) >= 11 is 0. The van der Waals surface area contributed by atoms with Crippen molar-refractivity contribution < 1.29 is 0 Å². The molecule has 0 spiro atoms. The molecular formula is C56H44N2. The number of hydrogen-bond acceptors (Lipinski definition) is 2. The fraction of sp³-hybridized carbons (Fsp3) is 0.107. The summed E-state index contributed by atoms with van der Waals surface area (Å²) in [5.74, 6) is 0. The van der Waals surface area contributed by atoms with Gasteiger partial charge in [0, 0.05) is 38.5 Å². The van der Waals surface area contributed by atoms with E-state index in [2.05, 4.69) is 232 Å². The highest BCUT2D eigenvalue weighted by Crippen LogP contribution is 2.57. The zero-order valence-corrected chi connectivity index (χ0v) is 33.4. The van der Waals surface area contributed by atoms with E-state index < -0.39 is 0 Å². The maximum absolute atomic E-state index is 2.54. The molecule has 0 unspecified atom stereocenters. The number of fused-ring (bicyclic) bond motifs is 7. The lowest BCUT2D eigenvalue weighted by molar-refractivity contribution is 0.632. The van der Waals surface area contributed by atoms with Crippen LogP contribution in [0.3, 0.4) is 0 Å². The predicted octanol–water partition coefficient (Wildman–Crippen LogP) is 15.5. The second kappa shape index (κ2) is 12.8. The largest absolute Gasteiger partial charge is 0.310 e. The molecule has 2 aliphatic rings. The minimum Gasteiger partial charge on any atom is -0.310 e. The van der Waals surface area contributed by atoms with Crippen molar-refractivity contribution in [1.82, 2.24) is 0 Å². The van der Waals surface area contributed by atoms with Crippen LogP contribution in [0.5, 0.6) is 0 Å². The van der Waals surface area contributed by atoms with E-state index in [1.807, 2.05) is 0 Å². The molecular weight excluding hydrogens is 701 g/mol. The topological polar surface area (TPSA) is 6.48 Å². The summed E-state index contributed by atoms with van der Waals surface area (Å²) in [6, 6.07) is 72.0. The van der Waals surface area contributed by atoms with Gasteiger partial charge in [-0.1, -0.05) is 179 Å². The number of benzene rings is 9. The van der Waals surface area contributed by atoms with Gasteiger partial charge in [0.15, 0.2) is 0 Å². The van der Waals surface area contributed by atoms with Gasteiger partial charge >= 0.3 is 0 Å². The van der Waals surface area contributed by atoms with E-state index in [0.29, 0.717) is 0 Å². The molecule has 58 heavy (non-hydrogen) atoms. The Morgan fingerprint density at radius 3 is 1.74 bits per heavy atom. The van der Waals surface area contributed by atoms with Gasteiger partial charge in [-0.05, 0) is 92.2 Å². The van der Waals surface area contributed by atoms with Crippen molar-refractivity contribution in [1.29, 1.82) is 0 Å². The third-order valence-corrected chi connectivity index (χ3v) is 13.0. The van der Waals surface area contributed by atoms with Crippen LogP contribution in [0.2, 0.25) is 0 Å². The molecule has 0 saturated carbocycles.